The van der Waals surface area contributed by atoms with Crippen LogP contribution < -0.4 is 4.90 Å². The van der Waals surface area contributed by atoms with Gasteiger partial charge in [-0.2, -0.15) is 0 Å². The maximum atomic E-state index is 11.8. The predicted octanol–water partition coefficient (Wildman–Crippen LogP) is 1.47. The van der Waals surface area contributed by atoms with Gasteiger partial charge in [-0.15, -0.1) is 11.3 Å². The van der Waals surface area contributed by atoms with Crippen LogP contribution >= 0.6 is 11.3 Å². The number of hydrogen-bond acceptors (Lipinski definition) is 7. The van der Waals surface area contributed by atoms with Gasteiger partial charge in [-0.1, -0.05) is 0 Å². The number of carbonyl (C=O) groups is 3. The lowest BCUT2D eigenvalue weighted by Crippen LogP contribution is -2.42. The summed E-state index contributed by atoms with van der Waals surface area (Å²) < 4.78 is 10.0. The average molecular weight is 293 g/mol. The molecule has 1 aromatic heterocycles. The molecule has 0 bridgehead atoms. The fourth-order valence-corrected chi connectivity index (χ4v) is 2.92. The van der Waals surface area contributed by atoms with Crippen molar-refractivity contribution >= 4 is 34.7 Å². The van der Waals surface area contributed by atoms with E-state index in [4.69, 9.17) is 9.47 Å². The molecule has 2 aliphatic rings. The summed E-state index contributed by atoms with van der Waals surface area (Å²) in [6, 6.07) is 1.77. The summed E-state index contributed by atoms with van der Waals surface area (Å²) in [7, 11) is 0. The summed E-state index contributed by atoms with van der Waals surface area (Å²) in [6.07, 6.45) is 1.32. The molecule has 3 rings (SSSR count). The number of ketones is 1. The number of carbonyl (C=O) groups excluding carboxylic acids is 3. The van der Waals surface area contributed by atoms with Crippen molar-refractivity contribution in [1.29, 1.82) is 0 Å². The van der Waals surface area contributed by atoms with Gasteiger partial charge in [0.1, 0.15) is 0 Å². The molecule has 0 aliphatic carbocycles. The SMILES string of the molecule is CC1(C)OC(=O)C(=CN2CC(=O)c3sccc32)C(=O)O1. The normalized spacial score (nSPS) is 20.6. The van der Waals surface area contributed by atoms with Gasteiger partial charge in [-0.3, -0.25) is 4.79 Å². The number of anilines is 1. The Morgan fingerprint density at radius 1 is 1.25 bits per heavy atom. The molecular formula is C13H11NO5S. The van der Waals surface area contributed by atoms with Gasteiger partial charge in [-0.25, -0.2) is 9.59 Å². The Balaban J connectivity index is 1.93. The molecule has 6 nitrogen and oxygen atoms in total. The summed E-state index contributed by atoms with van der Waals surface area (Å²) in [5.41, 5.74) is 0.481. The highest BCUT2D eigenvalue weighted by atomic mass is 32.1. The van der Waals surface area contributed by atoms with Crippen LogP contribution in [0.25, 0.3) is 0 Å². The lowest BCUT2D eigenvalue weighted by Gasteiger charge is -2.30. The van der Waals surface area contributed by atoms with Crippen LogP contribution in [-0.2, 0) is 19.1 Å². The van der Waals surface area contributed by atoms with E-state index in [-0.39, 0.29) is 17.9 Å². The maximum Gasteiger partial charge on any atom is 0.350 e. The van der Waals surface area contributed by atoms with Gasteiger partial charge in [0, 0.05) is 20.0 Å². The lowest BCUT2D eigenvalue weighted by molar-refractivity contribution is -0.222. The van der Waals surface area contributed by atoms with Crippen molar-refractivity contribution in [3.05, 3.63) is 28.1 Å². The Labute approximate surface area is 118 Å². The molecule has 1 fully saturated rings. The van der Waals surface area contributed by atoms with Crippen molar-refractivity contribution in [1.82, 2.24) is 0 Å². The summed E-state index contributed by atoms with van der Waals surface area (Å²) in [6.45, 7) is 3.07. The number of nitrogens with zero attached hydrogens (tertiary/aromatic N) is 1. The minimum absolute atomic E-state index is 0.0373. The number of thiophene rings is 1. The Bertz CT molecular complexity index is 635. The Morgan fingerprint density at radius 3 is 2.55 bits per heavy atom. The largest absolute Gasteiger partial charge is 0.419 e. The van der Waals surface area contributed by atoms with Gasteiger partial charge in [0.15, 0.2) is 11.4 Å². The van der Waals surface area contributed by atoms with Gasteiger partial charge in [0.25, 0.3) is 5.79 Å². The fraction of sp³-hybridized carbons (Fsp3) is 0.308. The zero-order valence-electron chi connectivity index (χ0n) is 10.8. The summed E-state index contributed by atoms with van der Waals surface area (Å²) in [5, 5.41) is 1.79. The van der Waals surface area contributed by atoms with E-state index in [1.165, 1.54) is 31.4 Å². The third-order valence-electron chi connectivity index (χ3n) is 2.92. The second kappa shape index (κ2) is 4.17. The van der Waals surface area contributed by atoms with Crippen LogP contribution in [-0.4, -0.2) is 30.1 Å². The van der Waals surface area contributed by atoms with E-state index in [1.54, 1.807) is 16.3 Å². The second-order valence-electron chi connectivity index (χ2n) is 4.91. The van der Waals surface area contributed by atoms with Crippen LogP contribution in [0.5, 0.6) is 0 Å². The molecule has 20 heavy (non-hydrogen) atoms. The van der Waals surface area contributed by atoms with Gasteiger partial charge in [0.05, 0.1) is 17.1 Å². The first-order chi connectivity index (χ1) is 9.37. The second-order valence-corrected chi connectivity index (χ2v) is 5.82. The molecule has 0 spiro atoms. The standard InChI is InChI=1S/C13H11NO5S/c1-13(2)18-11(16)7(12(17)19-13)5-14-6-9(15)10-8(14)3-4-20-10/h3-5H,6H2,1-2H3. The molecule has 0 atom stereocenters. The van der Waals surface area contributed by atoms with Gasteiger partial charge >= 0.3 is 11.9 Å². The van der Waals surface area contributed by atoms with Gasteiger partial charge in [-0.05, 0) is 11.4 Å². The topological polar surface area (TPSA) is 72.9 Å². The van der Waals surface area contributed by atoms with Crippen molar-refractivity contribution < 1.29 is 23.9 Å². The van der Waals surface area contributed by atoms with E-state index < -0.39 is 17.7 Å². The van der Waals surface area contributed by atoms with E-state index >= 15 is 0 Å². The minimum Gasteiger partial charge on any atom is -0.419 e. The van der Waals surface area contributed by atoms with E-state index in [2.05, 4.69) is 0 Å². The fourth-order valence-electron chi connectivity index (χ4n) is 2.09. The number of hydrogen-bond donors (Lipinski definition) is 0. The van der Waals surface area contributed by atoms with Crippen LogP contribution in [0.3, 0.4) is 0 Å². The molecular weight excluding hydrogens is 282 g/mol. The van der Waals surface area contributed by atoms with E-state index in [9.17, 15) is 14.4 Å². The Kier molecular flexibility index (Phi) is 2.68. The molecule has 7 heteroatoms. The summed E-state index contributed by atoms with van der Waals surface area (Å²) in [5.74, 6) is -2.80. The first-order valence-electron chi connectivity index (χ1n) is 5.93. The number of cyclic esters (lactones) is 2. The highest BCUT2D eigenvalue weighted by Gasteiger charge is 2.40. The number of esters is 2. The average Bonchev–Trinajstić information content (AvgIpc) is 2.88. The van der Waals surface area contributed by atoms with Crippen molar-refractivity contribution in [3.63, 3.8) is 0 Å². The highest BCUT2D eigenvalue weighted by molar-refractivity contribution is 7.13. The van der Waals surface area contributed by atoms with Crippen LogP contribution in [0.15, 0.2) is 23.2 Å². The van der Waals surface area contributed by atoms with E-state index in [0.717, 1.165) is 0 Å². The lowest BCUT2D eigenvalue weighted by atomic mass is 10.2. The first-order valence-corrected chi connectivity index (χ1v) is 6.81. The third kappa shape index (κ3) is 2.00. The Morgan fingerprint density at radius 2 is 1.90 bits per heavy atom. The molecule has 0 radical (unpaired) electrons. The summed E-state index contributed by atoms with van der Waals surface area (Å²) in [4.78, 5) is 37.6. The van der Waals surface area contributed by atoms with Crippen molar-refractivity contribution in [2.24, 2.45) is 0 Å². The minimum atomic E-state index is -1.26. The Hall–Kier alpha value is -2.15. The van der Waals surface area contributed by atoms with Gasteiger partial charge < -0.3 is 14.4 Å². The number of fused-ring (bicyclic) bond motifs is 1. The van der Waals surface area contributed by atoms with E-state index in [0.29, 0.717) is 10.6 Å². The van der Waals surface area contributed by atoms with Crippen molar-refractivity contribution in [2.45, 2.75) is 19.6 Å². The smallest absolute Gasteiger partial charge is 0.350 e. The quantitative estimate of drug-likeness (QED) is 0.443. The molecule has 2 aliphatic heterocycles. The third-order valence-corrected chi connectivity index (χ3v) is 3.87. The van der Waals surface area contributed by atoms with Crippen molar-refractivity contribution in [2.75, 3.05) is 11.4 Å². The van der Waals surface area contributed by atoms with Crippen LogP contribution in [0, 0.1) is 0 Å². The predicted molar refractivity (Wildman–Crippen MR) is 70.3 cm³/mol. The maximum absolute atomic E-state index is 11.8. The number of Topliss-reactive ketones (excluding diaryl/α,β-unsaturated/α-hetero) is 1. The molecule has 0 N–H and O–H groups in total. The monoisotopic (exact) mass is 293 g/mol. The number of rotatable bonds is 1. The van der Waals surface area contributed by atoms with Crippen LogP contribution in [0.1, 0.15) is 23.5 Å². The molecule has 0 unspecified atom stereocenters. The number of ether oxygens (including phenoxy) is 2. The zero-order valence-corrected chi connectivity index (χ0v) is 11.7. The molecule has 0 amide bonds. The molecule has 1 aromatic rings. The van der Waals surface area contributed by atoms with E-state index in [1.807, 2.05) is 0 Å². The summed E-state index contributed by atoms with van der Waals surface area (Å²) >= 11 is 1.33. The molecule has 104 valence electrons. The van der Waals surface area contributed by atoms with Crippen LogP contribution in [0.2, 0.25) is 0 Å². The molecule has 0 aromatic carbocycles. The first kappa shape index (κ1) is 12.9. The van der Waals surface area contributed by atoms with Crippen molar-refractivity contribution in [3.8, 4) is 0 Å². The molecule has 0 saturated carbocycles. The molecule has 3 heterocycles. The zero-order chi connectivity index (χ0) is 14.5. The highest BCUT2D eigenvalue weighted by Crippen LogP contribution is 2.34. The van der Waals surface area contributed by atoms with Gasteiger partial charge in [0.2, 0.25) is 0 Å². The molecule has 1 saturated heterocycles. The van der Waals surface area contributed by atoms with Crippen LogP contribution in [0.4, 0.5) is 5.69 Å².